The summed E-state index contributed by atoms with van der Waals surface area (Å²) in [4.78, 5) is 12.6. The summed E-state index contributed by atoms with van der Waals surface area (Å²) in [5.41, 5.74) is 3.02. The van der Waals surface area contributed by atoms with E-state index in [0.717, 1.165) is 6.42 Å². The number of phenols is 1. The van der Waals surface area contributed by atoms with Gasteiger partial charge in [0.25, 0.3) is 5.91 Å². The summed E-state index contributed by atoms with van der Waals surface area (Å²) in [5, 5.41) is 20.8. The average molecular weight is 378 g/mol. The van der Waals surface area contributed by atoms with Crippen molar-refractivity contribution in [3.05, 3.63) is 82.6 Å². The Morgan fingerprint density at radius 2 is 1.89 bits per heavy atom. The van der Waals surface area contributed by atoms with Gasteiger partial charge in [-0.05, 0) is 53.9 Å². The number of aryl methyl sites for hydroxylation is 1. The van der Waals surface area contributed by atoms with E-state index in [-0.39, 0.29) is 16.9 Å². The first-order valence-electron chi connectivity index (χ1n) is 8.92. The fourth-order valence-corrected chi connectivity index (χ4v) is 2.82. The maximum Gasteiger partial charge on any atom is 0.261 e. The molecule has 0 spiro atoms. The van der Waals surface area contributed by atoms with E-state index < -0.39 is 5.91 Å². The molecule has 2 aromatic carbocycles. The monoisotopic (exact) mass is 378 g/mol. The minimum absolute atomic E-state index is 0.123. The number of phenolic OH excluding ortho intramolecular Hbond substituents is 1. The predicted octanol–water partition coefficient (Wildman–Crippen LogP) is 3.88. The molecule has 0 saturated heterocycles. The fourth-order valence-electron chi connectivity index (χ4n) is 2.82. The van der Waals surface area contributed by atoms with E-state index in [1.165, 1.54) is 11.8 Å². The Bertz CT molecular complexity index is 1040. The van der Waals surface area contributed by atoms with Gasteiger partial charge in [-0.15, -0.1) is 0 Å². The molecule has 3 N–H and O–H groups in total. The van der Waals surface area contributed by atoms with Gasteiger partial charge in [-0.1, -0.05) is 19.1 Å². The summed E-state index contributed by atoms with van der Waals surface area (Å²) in [6.07, 6.45) is 2.66. The van der Waals surface area contributed by atoms with Crippen molar-refractivity contribution in [2.45, 2.75) is 19.8 Å². The van der Waals surface area contributed by atoms with Crippen molar-refractivity contribution in [2.75, 3.05) is 12.4 Å². The number of hydrogen-bond acceptors (Lipinski definition) is 5. The topological polar surface area (TPSA) is 95.6 Å². The van der Waals surface area contributed by atoms with Gasteiger partial charge in [0.1, 0.15) is 17.1 Å². The van der Waals surface area contributed by atoms with Crippen molar-refractivity contribution < 1.29 is 19.1 Å². The highest BCUT2D eigenvalue weighted by Crippen LogP contribution is 2.25. The molecule has 144 valence electrons. The predicted molar refractivity (Wildman–Crippen MR) is 106 cm³/mol. The van der Waals surface area contributed by atoms with Crippen LogP contribution in [-0.2, 0) is 12.8 Å². The van der Waals surface area contributed by atoms with Crippen molar-refractivity contribution >= 4 is 11.6 Å². The molecule has 0 aliphatic heterocycles. The molecule has 6 nitrogen and oxygen atoms in total. The number of ether oxygens (including phenoxy) is 1. The summed E-state index contributed by atoms with van der Waals surface area (Å²) >= 11 is 0. The summed E-state index contributed by atoms with van der Waals surface area (Å²) in [6, 6.07) is 14.1. The van der Waals surface area contributed by atoms with Gasteiger partial charge in [0.05, 0.1) is 13.4 Å². The second-order valence-electron chi connectivity index (χ2n) is 6.37. The maximum atomic E-state index is 12.6. The number of amides is 1. The van der Waals surface area contributed by atoms with Crippen molar-refractivity contribution in [1.82, 2.24) is 0 Å². The molecule has 0 aliphatic rings. The number of hydrogen-bond donors (Lipinski definition) is 3. The Morgan fingerprint density at radius 3 is 2.57 bits per heavy atom. The first-order valence-corrected chi connectivity index (χ1v) is 8.92. The SMILES string of the molecule is CCc1ccc(NC(=O)c2cc(Cc3cc(OC)ccc3O)coc2=N)cc1. The third-order valence-corrected chi connectivity index (χ3v) is 4.45. The van der Waals surface area contributed by atoms with Crippen LogP contribution in [0.1, 0.15) is 34.0 Å². The van der Waals surface area contributed by atoms with Gasteiger partial charge in [-0.3, -0.25) is 10.2 Å². The van der Waals surface area contributed by atoms with Crippen LogP contribution in [0.5, 0.6) is 11.5 Å². The highest BCUT2D eigenvalue weighted by molar-refractivity contribution is 6.03. The number of aromatic hydroxyl groups is 1. The molecule has 1 aromatic heterocycles. The molecule has 0 fully saturated rings. The van der Waals surface area contributed by atoms with E-state index in [4.69, 9.17) is 14.6 Å². The van der Waals surface area contributed by atoms with Gasteiger partial charge >= 0.3 is 0 Å². The van der Waals surface area contributed by atoms with E-state index in [1.807, 2.05) is 24.3 Å². The molecule has 0 bridgehead atoms. The van der Waals surface area contributed by atoms with Crippen LogP contribution in [0.4, 0.5) is 5.69 Å². The van der Waals surface area contributed by atoms with Crippen LogP contribution >= 0.6 is 0 Å². The zero-order valence-corrected chi connectivity index (χ0v) is 15.8. The van der Waals surface area contributed by atoms with Gasteiger partial charge < -0.3 is 19.6 Å². The van der Waals surface area contributed by atoms with E-state index >= 15 is 0 Å². The van der Waals surface area contributed by atoms with Crippen molar-refractivity contribution in [1.29, 1.82) is 5.41 Å². The smallest absolute Gasteiger partial charge is 0.261 e. The number of benzene rings is 2. The van der Waals surface area contributed by atoms with Crippen LogP contribution in [0.2, 0.25) is 0 Å². The lowest BCUT2D eigenvalue weighted by Crippen LogP contribution is -2.21. The van der Waals surface area contributed by atoms with Gasteiger partial charge in [-0.25, -0.2) is 0 Å². The quantitative estimate of drug-likeness (QED) is 0.607. The van der Waals surface area contributed by atoms with Gasteiger partial charge in [0.2, 0.25) is 5.55 Å². The van der Waals surface area contributed by atoms with Crippen LogP contribution in [0.25, 0.3) is 0 Å². The lowest BCUT2D eigenvalue weighted by atomic mass is 10.0. The van der Waals surface area contributed by atoms with Gasteiger partial charge in [-0.2, -0.15) is 0 Å². The van der Waals surface area contributed by atoms with Crippen LogP contribution in [0.3, 0.4) is 0 Å². The Morgan fingerprint density at radius 1 is 1.14 bits per heavy atom. The molecule has 3 aromatic rings. The van der Waals surface area contributed by atoms with E-state index in [2.05, 4.69) is 12.2 Å². The molecular weight excluding hydrogens is 356 g/mol. The summed E-state index contributed by atoms with van der Waals surface area (Å²) in [5.74, 6) is 0.322. The zero-order chi connectivity index (χ0) is 20.1. The first-order chi connectivity index (χ1) is 13.5. The number of nitrogens with one attached hydrogen (secondary N) is 2. The lowest BCUT2D eigenvalue weighted by molar-refractivity contribution is 0.102. The molecule has 1 heterocycles. The second kappa shape index (κ2) is 8.43. The molecular formula is C22H22N2O4. The standard InChI is InChI=1S/C22H22N2O4/c1-3-14-4-6-17(7-5-14)24-22(26)19-11-15(13-28-21(19)23)10-16-12-18(27-2)8-9-20(16)25/h4-9,11-13,23,25H,3,10H2,1-2H3,(H,24,26). The van der Waals surface area contributed by atoms with E-state index in [0.29, 0.717) is 29.0 Å². The summed E-state index contributed by atoms with van der Waals surface area (Å²) in [6.45, 7) is 2.06. The third kappa shape index (κ3) is 4.40. The molecule has 0 saturated carbocycles. The number of carbonyl (C=O) groups is 1. The Hall–Kier alpha value is -3.54. The average Bonchev–Trinajstić information content (AvgIpc) is 2.71. The minimum atomic E-state index is -0.422. The van der Waals surface area contributed by atoms with Gasteiger partial charge in [0, 0.05) is 17.7 Å². The zero-order valence-electron chi connectivity index (χ0n) is 15.8. The fraction of sp³-hybridized carbons (Fsp3) is 0.182. The molecule has 3 rings (SSSR count). The number of rotatable bonds is 6. The highest BCUT2D eigenvalue weighted by Gasteiger charge is 2.13. The molecule has 1 amide bonds. The van der Waals surface area contributed by atoms with Crippen LogP contribution in [0.15, 0.2) is 59.2 Å². The highest BCUT2D eigenvalue weighted by atomic mass is 16.5. The molecule has 0 radical (unpaired) electrons. The molecule has 0 aliphatic carbocycles. The van der Waals surface area contributed by atoms with E-state index in [1.54, 1.807) is 31.4 Å². The first kappa shape index (κ1) is 19.2. The summed E-state index contributed by atoms with van der Waals surface area (Å²) < 4.78 is 10.4. The largest absolute Gasteiger partial charge is 0.508 e. The molecule has 0 unspecified atom stereocenters. The van der Waals surface area contributed by atoms with Crippen molar-refractivity contribution in [2.24, 2.45) is 0 Å². The second-order valence-corrected chi connectivity index (χ2v) is 6.37. The third-order valence-electron chi connectivity index (χ3n) is 4.45. The molecule has 0 atom stereocenters. The minimum Gasteiger partial charge on any atom is -0.508 e. The Labute approximate surface area is 162 Å². The lowest BCUT2D eigenvalue weighted by Gasteiger charge is -2.09. The van der Waals surface area contributed by atoms with Crippen LogP contribution in [-0.4, -0.2) is 18.1 Å². The summed E-state index contributed by atoms with van der Waals surface area (Å²) in [7, 11) is 1.55. The number of methoxy groups -OCH3 is 1. The number of anilines is 1. The van der Waals surface area contributed by atoms with Gasteiger partial charge in [0.15, 0.2) is 0 Å². The number of carbonyl (C=O) groups excluding carboxylic acids is 1. The maximum absolute atomic E-state index is 12.6. The van der Waals surface area contributed by atoms with Crippen LogP contribution in [0, 0.1) is 5.41 Å². The Balaban J connectivity index is 1.82. The van der Waals surface area contributed by atoms with Crippen molar-refractivity contribution in [3.8, 4) is 11.5 Å². The normalized spacial score (nSPS) is 10.5. The van der Waals surface area contributed by atoms with Crippen molar-refractivity contribution in [3.63, 3.8) is 0 Å². The Kier molecular flexibility index (Phi) is 5.79. The molecule has 28 heavy (non-hydrogen) atoms. The molecule has 6 heteroatoms. The van der Waals surface area contributed by atoms with Crippen LogP contribution < -0.4 is 15.6 Å². The van der Waals surface area contributed by atoms with E-state index in [9.17, 15) is 9.90 Å².